The molecule has 0 saturated carbocycles. The number of nitrogens with zero attached hydrogens (tertiary/aromatic N) is 3. The third-order valence-corrected chi connectivity index (χ3v) is 3.16. The van der Waals surface area contributed by atoms with Crippen LogP contribution in [0.2, 0.25) is 0 Å². The minimum Gasteiger partial charge on any atom is -0.457 e. The second-order valence-corrected chi connectivity index (χ2v) is 4.68. The average molecular weight is 347 g/mol. The number of para-hydroxylation sites is 1. The van der Waals surface area contributed by atoms with Crippen molar-refractivity contribution in [2.45, 2.75) is 6.61 Å². The third-order valence-electron chi connectivity index (χ3n) is 3.16. The summed E-state index contributed by atoms with van der Waals surface area (Å²) in [5.74, 6) is -1.13. The maximum atomic E-state index is 12.0. The second kappa shape index (κ2) is 7.12. The molecule has 128 valence electrons. The van der Waals surface area contributed by atoms with Crippen molar-refractivity contribution in [1.29, 1.82) is 0 Å². The fourth-order valence-electron chi connectivity index (χ4n) is 1.99. The Balaban J connectivity index is 2.26. The van der Waals surface area contributed by atoms with E-state index in [-0.39, 0.29) is 11.3 Å². The summed E-state index contributed by atoms with van der Waals surface area (Å²) in [6, 6.07) is 8.00. The summed E-state index contributed by atoms with van der Waals surface area (Å²) in [5, 5.41) is 32.6. The Morgan fingerprint density at radius 2 is 1.52 bits per heavy atom. The number of nitro benzene ring substituents is 3. The molecule has 0 fully saturated rings. The largest absolute Gasteiger partial charge is 0.457 e. The van der Waals surface area contributed by atoms with Crippen LogP contribution in [0.4, 0.5) is 17.1 Å². The SMILES string of the molecule is O=C(OCc1ccccc1[N+](=O)[O-])c1ccc([N+](=O)[O-])cc1[N+](=O)[O-]. The Bertz CT molecular complexity index is 880. The van der Waals surface area contributed by atoms with E-state index in [1.807, 2.05) is 0 Å². The molecule has 0 atom stereocenters. The van der Waals surface area contributed by atoms with Crippen LogP contribution in [0.5, 0.6) is 0 Å². The van der Waals surface area contributed by atoms with E-state index in [2.05, 4.69) is 0 Å². The summed E-state index contributed by atoms with van der Waals surface area (Å²) in [5.41, 5.74) is -2.00. The second-order valence-electron chi connectivity index (χ2n) is 4.68. The highest BCUT2D eigenvalue weighted by atomic mass is 16.6. The Morgan fingerprint density at radius 3 is 2.12 bits per heavy atom. The molecule has 0 aromatic heterocycles. The lowest BCUT2D eigenvalue weighted by atomic mass is 10.1. The molecule has 0 bridgehead atoms. The quantitative estimate of drug-likeness (QED) is 0.438. The topological polar surface area (TPSA) is 156 Å². The summed E-state index contributed by atoms with van der Waals surface area (Å²) in [4.78, 5) is 42.2. The predicted molar refractivity (Wildman–Crippen MR) is 82.0 cm³/mol. The van der Waals surface area contributed by atoms with E-state index in [0.29, 0.717) is 6.07 Å². The molecule has 0 radical (unpaired) electrons. The zero-order chi connectivity index (χ0) is 18.6. The van der Waals surface area contributed by atoms with E-state index >= 15 is 0 Å². The number of esters is 1. The van der Waals surface area contributed by atoms with Gasteiger partial charge in [-0.1, -0.05) is 12.1 Å². The van der Waals surface area contributed by atoms with Crippen LogP contribution in [-0.4, -0.2) is 20.7 Å². The van der Waals surface area contributed by atoms with Crippen LogP contribution in [0.25, 0.3) is 0 Å². The minimum atomic E-state index is -1.13. The van der Waals surface area contributed by atoms with Crippen molar-refractivity contribution in [1.82, 2.24) is 0 Å². The molecule has 11 nitrogen and oxygen atoms in total. The smallest absolute Gasteiger partial charge is 0.345 e. The van der Waals surface area contributed by atoms with Crippen molar-refractivity contribution in [3.05, 3.63) is 83.9 Å². The standard InChI is InChI=1S/C14H9N3O8/c18-14(25-8-9-3-1-2-4-12(9)16(21)22)11-6-5-10(15(19)20)7-13(11)17(23)24/h1-7H,8H2. The first-order valence-electron chi connectivity index (χ1n) is 6.63. The van der Waals surface area contributed by atoms with Gasteiger partial charge in [-0.25, -0.2) is 4.79 Å². The molecule has 0 amide bonds. The number of carbonyl (C=O) groups is 1. The van der Waals surface area contributed by atoms with Gasteiger partial charge in [0.15, 0.2) is 0 Å². The van der Waals surface area contributed by atoms with Gasteiger partial charge >= 0.3 is 5.97 Å². The fraction of sp³-hybridized carbons (Fsp3) is 0.0714. The summed E-state index contributed by atoms with van der Waals surface area (Å²) in [7, 11) is 0. The van der Waals surface area contributed by atoms with Crippen LogP contribution in [0, 0.1) is 30.3 Å². The van der Waals surface area contributed by atoms with Crippen LogP contribution in [-0.2, 0) is 11.3 Å². The van der Waals surface area contributed by atoms with Gasteiger partial charge in [0.1, 0.15) is 12.2 Å². The molecular weight excluding hydrogens is 338 g/mol. The number of benzene rings is 2. The van der Waals surface area contributed by atoms with Crippen molar-refractivity contribution >= 4 is 23.0 Å². The van der Waals surface area contributed by atoms with E-state index in [0.717, 1.165) is 12.1 Å². The Hall–Kier alpha value is -3.89. The summed E-state index contributed by atoms with van der Waals surface area (Å²) in [6.07, 6.45) is 0. The number of non-ortho nitro benzene ring substituents is 1. The third kappa shape index (κ3) is 3.90. The molecule has 25 heavy (non-hydrogen) atoms. The van der Waals surface area contributed by atoms with Gasteiger partial charge in [-0.15, -0.1) is 0 Å². The van der Waals surface area contributed by atoms with Gasteiger partial charge in [0.25, 0.3) is 17.1 Å². The zero-order valence-electron chi connectivity index (χ0n) is 12.4. The molecule has 2 rings (SSSR count). The van der Waals surface area contributed by atoms with Gasteiger partial charge in [0.2, 0.25) is 0 Å². The van der Waals surface area contributed by atoms with Crippen molar-refractivity contribution < 1.29 is 24.3 Å². The maximum Gasteiger partial charge on any atom is 0.345 e. The van der Waals surface area contributed by atoms with Gasteiger partial charge in [0, 0.05) is 12.1 Å². The number of rotatable bonds is 6. The Kier molecular flexibility index (Phi) is 4.98. The van der Waals surface area contributed by atoms with Gasteiger partial charge < -0.3 is 4.74 Å². The molecule has 0 aliphatic heterocycles. The van der Waals surface area contributed by atoms with Crippen LogP contribution < -0.4 is 0 Å². The van der Waals surface area contributed by atoms with Crippen LogP contribution in [0.1, 0.15) is 15.9 Å². The van der Waals surface area contributed by atoms with Gasteiger partial charge in [-0.2, -0.15) is 0 Å². The first-order valence-corrected chi connectivity index (χ1v) is 6.63. The highest BCUT2D eigenvalue weighted by molar-refractivity contribution is 5.94. The van der Waals surface area contributed by atoms with E-state index in [1.54, 1.807) is 0 Å². The van der Waals surface area contributed by atoms with Crippen molar-refractivity contribution in [3.8, 4) is 0 Å². The molecule has 0 saturated heterocycles. The molecule has 0 spiro atoms. The molecule has 0 aliphatic carbocycles. The number of nitro groups is 3. The van der Waals surface area contributed by atoms with Crippen molar-refractivity contribution in [2.24, 2.45) is 0 Å². The molecule has 11 heteroatoms. The molecule has 0 N–H and O–H groups in total. The van der Waals surface area contributed by atoms with Gasteiger partial charge in [0.05, 0.1) is 26.4 Å². The molecule has 0 aliphatic rings. The lowest BCUT2D eigenvalue weighted by Crippen LogP contribution is -2.09. The number of hydrogen-bond donors (Lipinski definition) is 0. The molecule has 0 heterocycles. The number of carbonyl (C=O) groups excluding carboxylic acids is 1. The zero-order valence-corrected chi connectivity index (χ0v) is 12.4. The Labute approximate surface area is 138 Å². The van der Waals surface area contributed by atoms with E-state index < -0.39 is 44.3 Å². The number of ether oxygens (including phenoxy) is 1. The summed E-state index contributed by atoms with van der Waals surface area (Å²) >= 11 is 0. The summed E-state index contributed by atoms with van der Waals surface area (Å²) < 4.78 is 4.88. The fourth-order valence-corrected chi connectivity index (χ4v) is 1.99. The summed E-state index contributed by atoms with van der Waals surface area (Å²) in [6.45, 7) is -0.482. The molecular formula is C14H9N3O8. The van der Waals surface area contributed by atoms with Crippen molar-refractivity contribution in [3.63, 3.8) is 0 Å². The molecule has 2 aromatic rings. The highest BCUT2D eigenvalue weighted by Gasteiger charge is 2.25. The van der Waals surface area contributed by atoms with E-state index in [9.17, 15) is 35.1 Å². The van der Waals surface area contributed by atoms with Crippen LogP contribution in [0.3, 0.4) is 0 Å². The Morgan fingerprint density at radius 1 is 0.880 bits per heavy atom. The lowest BCUT2D eigenvalue weighted by Gasteiger charge is -2.06. The first kappa shape index (κ1) is 17.5. The molecule has 0 unspecified atom stereocenters. The monoisotopic (exact) mass is 347 g/mol. The minimum absolute atomic E-state index is 0.102. The van der Waals surface area contributed by atoms with Crippen LogP contribution in [0.15, 0.2) is 42.5 Å². The predicted octanol–water partition coefficient (Wildman–Crippen LogP) is 2.77. The molecule has 2 aromatic carbocycles. The maximum absolute atomic E-state index is 12.0. The lowest BCUT2D eigenvalue weighted by molar-refractivity contribution is -0.394. The van der Waals surface area contributed by atoms with Gasteiger partial charge in [-0.3, -0.25) is 30.3 Å². The van der Waals surface area contributed by atoms with Crippen LogP contribution >= 0.6 is 0 Å². The van der Waals surface area contributed by atoms with Crippen molar-refractivity contribution in [2.75, 3.05) is 0 Å². The average Bonchev–Trinajstić information content (AvgIpc) is 2.59. The number of hydrogen-bond acceptors (Lipinski definition) is 8. The van der Waals surface area contributed by atoms with E-state index in [4.69, 9.17) is 4.74 Å². The van der Waals surface area contributed by atoms with E-state index in [1.165, 1.54) is 24.3 Å². The van der Waals surface area contributed by atoms with Gasteiger partial charge in [-0.05, 0) is 12.1 Å². The normalized spacial score (nSPS) is 10.1. The highest BCUT2D eigenvalue weighted by Crippen LogP contribution is 2.26. The first-order chi connectivity index (χ1) is 11.8.